The summed E-state index contributed by atoms with van der Waals surface area (Å²) in [6.07, 6.45) is 5.41. The van der Waals surface area contributed by atoms with Gasteiger partial charge in [0.05, 0.1) is 7.11 Å². The van der Waals surface area contributed by atoms with Crippen LogP contribution in [0.4, 0.5) is 0 Å². The number of rotatable bonds is 4. The Morgan fingerprint density at radius 3 is 2.85 bits per heavy atom. The normalized spacial score (nSPS) is 17.7. The van der Waals surface area contributed by atoms with Crippen molar-refractivity contribution in [3.8, 4) is 5.75 Å². The van der Waals surface area contributed by atoms with Crippen molar-refractivity contribution in [2.45, 2.75) is 26.2 Å². The van der Waals surface area contributed by atoms with E-state index in [9.17, 15) is 0 Å². The number of methoxy groups -OCH3 is 1. The average molecular weight is 274 g/mol. The Hall–Kier alpha value is -1.62. The van der Waals surface area contributed by atoms with E-state index in [2.05, 4.69) is 21.9 Å². The summed E-state index contributed by atoms with van der Waals surface area (Å²) in [5.41, 5.74) is 0.866. The summed E-state index contributed by atoms with van der Waals surface area (Å²) < 4.78 is 7.05. The van der Waals surface area contributed by atoms with Crippen LogP contribution in [0, 0.1) is 5.92 Å². The zero-order valence-electron chi connectivity index (χ0n) is 12.2. The summed E-state index contributed by atoms with van der Waals surface area (Å²) in [4.78, 5) is 7.13. The number of ether oxygens (including phenoxy) is 1. The molecule has 1 aliphatic rings. The lowest BCUT2D eigenvalue weighted by Crippen LogP contribution is -2.34. The van der Waals surface area contributed by atoms with Gasteiger partial charge < -0.3 is 9.64 Å². The highest BCUT2D eigenvalue weighted by molar-refractivity contribution is 5.43. The van der Waals surface area contributed by atoms with Gasteiger partial charge in [-0.15, -0.1) is 0 Å². The van der Waals surface area contributed by atoms with E-state index in [1.807, 2.05) is 22.8 Å². The summed E-state index contributed by atoms with van der Waals surface area (Å²) in [7, 11) is 1.67. The number of pyridine rings is 1. The zero-order chi connectivity index (χ0) is 13.9. The van der Waals surface area contributed by atoms with E-state index in [0.29, 0.717) is 0 Å². The predicted octanol–water partition coefficient (Wildman–Crippen LogP) is 2.01. The number of hydrogen-bond donors (Lipinski definition) is 0. The van der Waals surface area contributed by atoms with E-state index >= 15 is 0 Å². The van der Waals surface area contributed by atoms with E-state index < -0.39 is 0 Å². The van der Waals surface area contributed by atoms with Gasteiger partial charge in [0, 0.05) is 18.7 Å². The number of aromatic nitrogens is 3. The molecule has 0 spiro atoms. The Kier molecular flexibility index (Phi) is 3.87. The topological polar surface area (TPSA) is 42.7 Å². The second kappa shape index (κ2) is 5.79. The monoisotopic (exact) mass is 274 g/mol. The minimum atomic E-state index is 0.720. The Bertz CT molecular complexity index is 572. The zero-order valence-corrected chi connectivity index (χ0v) is 12.2. The van der Waals surface area contributed by atoms with Crippen molar-refractivity contribution < 1.29 is 4.74 Å². The molecule has 0 unspecified atom stereocenters. The molecule has 0 N–H and O–H groups in total. The van der Waals surface area contributed by atoms with Crippen molar-refractivity contribution in [2.75, 3.05) is 26.7 Å². The minimum absolute atomic E-state index is 0.720. The van der Waals surface area contributed by atoms with Crippen LogP contribution in [0.25, 0.3) is 5.65 Å². The van der Waals surface area contributed by atoms with Gasteiger partial charge in [0.25, 0.3) is 0 Å². The van der Waals surface area contributed by atoms with E-state index in [4.69, 9.17) is 4.74 Å². The molecule has 0 aromatic carbocycles. The maximum Gasteiger partial charge on any atom is 0.159 e. The molecule has 1 fully saturated rings. The lowest BCUT2D eigenvalue weighted by atomic mass is 9.93. The van der Waals surface area contributed by atoms with Crippen molar-refractivity contribution in [3.05, 3.63) is 24.2 Å². The Labute approximate surface area is 119 Å². The molecule has 2 aromatic rings. The van der Waals surface area contributed by atoms with Crippen LogP contribution in [0.2, 0.25) is 0 Å². The molecule has 5 heteroatoms. The van der Waals surface area contributed by atoms with Gasteiger partial charge in [-0.3, -0.25) is 0 Å². The maximum absolute atomic E-state index is 5.22. The van der Waals surface area contributed by atoms with E-state index in [1.165, 1.54) is 32.5 Å². The quantitative estimate of drug-likeness (QED) is 0.855. The third kappa shape index (κ3) is 2.77. The minimum Gasteiger partial charge on any atom is -0.497 e. The summed E-state index contributed by atoms with van der Waals surface area (Å²) in [5, 5.41) is 4.56. The molecule has 5 nitrogen and oxygen atoms in total. The molecule has 1 aliphatic heterocycles. The summed E-state index contributed by atoms with van der Waals surface area (Å²) >= 11 is 0. The Morgan fingerprint density at radius 2 is 2.15 bits per heavy atom. The van der Waals surface area contributed by atoms with Crippen molar-refractivity contribution in [1.29, 1.82) is 0 Å². The molecule has 2 aromatic heterocycles. The summed E-state index contributed by atoms with van der Waals surface area (Å²) in [6, 6.07) is 3.83. The highest BCUT2D eigenvalue weighted by atomic mass is 16.5. The van der Waals surface area contributed by atoms with Crippen molar-refractivity contribution in [1.82, 2.24) is 19.5 Å². The van der Waals surface area contributed by atoms with Crippen LogP contribution in [-0.2, 0) is 6.42 Å². The molecule has 0 aliphatic carbocycles. The predicted molar refractivity (Wildman–Crippen MR) is 78.1 cm³/mol. The van der Waals surface area contributed by atoms with E-state index in [0.717, 1.165) is 29.6 Å². The third-order valence-electron chi connectivity index (χ3n) is 4.21. The highest BCUT2D eigenvalue weighted by Gasteiger charge is 2.20. The smallest absolute Gasteiger partial charge is 0.159 e. The molecule has 0 bridgehead atoms. The second-order valence-electron chi connectivity index (χ2n) is 5.48. The first-order valence-electron chi connectivity index (χ1n) is 7.40. The van der Waals surface area contributed by atoms with Gasteiger partial charge in [0.2, 0.25) is 0 Å². The summed E-state index contributed by atoms with van der Waals surface area (Å²) in [6.45, 7) is 5.82. The van der Waals surface area contributed by atoms with Gasteiger partial charge in [-0.05, 0) is 44.5 Å². The van der Waals surface area contributed by atoms with Gasteiger partial charge >= 0.3 is 0 Å². The van der Waals surface area contributed by atoms with Gasteiger partial charge in [-0.25, -0.2) is 9.50 Å². The van der Waals surface area contributed by atoms with Gasteiger partial charge in [-0.2, -0.15) is 5.10 Å². The molecular formula is C15H22N4O. The molecule has 0 atom stereocenters. The van der Waals surface area contributed by atoms with E-state index in [-0.39, 0.29) is 0 Å². The molecule has 108 valence electrons. The molecule has 3 rings (SSSR count). The molecule has 0 radical (unpaired) electrons. The third-order valence-corrected chi connectivity index (χ3v) is 4.21. The largest absolute Gasteiger partial charge is 0.497 e. The van der Waals surface area contributed by atoms with Crippen LogP contribution in [0.3, 0.4) is 0 Å². The van der Waals surface area contributed by atoms with Gasteiger partial charge in [0.1, 0.15) is 5.75 Å². The van der Waals surface area contributed by atoms with Crippen LogP contribution in [-0.4, -0.2) is 46.2 Å². The number of nitrogens with zero attached hydrogens (tertiary/aromatic N) is 4. The van der Waals surface area contributed by atoms with Crippen LogP contribution < -0.4 is 4.74 Å². The van der Waals surface area contributed by atoms with Crippen molar-refractivity contribution in [2.24, 2.45) is 5.92 Å². The van der Waals surface area contributed by atoms with Crippen LogP contribution in [0.1, 0.15) is 25.6 Å². The van der Waals surface area contributed by atoms with Crippen molar-refractivity contribution in [3.63, 3.8) is 0 Å². The first-order chi connectivity index (χ1) is 9.78. The van der Waals surface area contributed by atoms with Gasteiger partial charge in [0.15, 0.2) is 11.5 Å². The molecule has 0 amide bonds. The first kappa shape index (κ1) is 13.4. The fourth-order valence-corrected chi connectivity index (χ4v) is 2.89. The average Bonchev–Trinajstić information content (AvgIpc) is 2.89. The number of fused-ring (bicyclic) bond motifs is 1. The SMILES string of the molecule is CCN1CCC(Cc2nc3cc(OC)ccn3n2)CC1. The second-order valence-corrected chi connectivity index (χ2v) is 5.48. The van der Waals surface area contributed by atoms with Crippen molar-refractivity contribution >= 4 is 5.65 Å². The molecule has 3 heterocycles. The Balaban J connectivity index is 1.68. The molecule has 1 saturated heterocycles. The lowest BCUT2D eigenvalue weighted by molar-refractivity contribution is 0.191. The summed E-state index contributed by atoms with van der Waals surface area (Å²) in [5.74, 6) is 2.50. The van der Waals surface area contributed by atoms with Crippen LogP contribution in [0.5, 0.6) is 5.75 Å². The highest BCUT2D eigenvalue weighted by Crippen LogP contribution is 2.21. The number of piperidine rings is 1. The standard InChI is InChI=1S/C15H22N4O/c1-3-18-7-4-12(5-8-18)10-14-16-15-11-13(20-2)6-9-19(15)17-14/h6,9,11-12H,3-5,7-8,10H2,1-2H3. The lowest BCUT2D eigenvalue weighted by Gasteiger charge is -2.30. The maximum atomic E-state index is 5.22. The Morgan fingerprint density at radius 1 is 1.35 bits per heavy atom. The number of likely N-dealkylation sites (tertiary alicyclic amines) is 1. The number of hydrogen-bond acceptors (Lipinski definition) is 4. The van der Waals surface area contributed by atoms with Crippen LogP contribution in [0.15, 0.2) is 18.3 Å². The van der Waals surface area contributed by atoms with E-state index in [1.54, 1.807) is 7.11 Å². The van der Waals surface area contributed by atoms with Gasteiger partial charge in [-0.1, -0.05) is 6.92 Å². The molecule has 20 heavy (non-hydrogen) atoms. The molecular weight excluding hydrogens is 252 g/mol. The fraction of sp³-hybridized carbons (Fsp3) is 0.600. The van der Waals surface area contributed by atoms with Crippen LogP contribution >= 0.6 is 0 Å². The molecule has 0 saturated carbocycles. The fourth-order valence-electron chi connectivity index (χ4n) is 2.89. The first-order valence-corrected chi connectivity index (χ1v) is 7.40.